The molecule has 0 spiro atoms. The molecule has 0 aliphatic carbocycles. The van der Waals surface area contributed by atoms with E-state index in [1.165, 1.54) is 10.4 Å². The molecule has 9 heteroatoms. The maximum atomic E-state index is 13.2. The predicted molar refractivity (Wildman–Crippen MR) is 119 cm³/mol. The molecule has 1 aromatic heterocycles. The van der Waals surface area contributed by atoms with Crippen LogP contribution in [0.5, 0.6) is 0 Å². The van der Waals surface area contributed by atoms with Gasteiger partial charge in [-0.1, -0.05) is 33.8 Å². The Balaban J connectivity index is 1.74. The van der Waals surface area contributed by atoms with E-state index in [9.17, 15) is 13.2 Å². The Kier molecular flexibility index (Phi) is 7.16. The highest BCUT2D eigenvalue weighted by Crippen LogP contribution is 2.27. The van der Waals surface area contributed by atoms with E-state index in [2.05, 4.69) is 41.3 Å². The molecule has 2 N–H and O–H groups in total. The number of hydrogen-bond acceptors (Lipinski definition) is 5. The number of aromatic amines is 1. The van der Waals surface area contributed by atoms with Gasteiger partial charge in [0, 0.05) is 24.6 Å². The molecule has 1 amide bonds. The molecule has 1 saturated heterocycles. The first-order valence-corrected chi connectivity index (χ1v) is 12.4. The van der Waals surface area contributed by atoms with Gasteiger partial charge in [-0.15, -0.1) is 0 Å². The summed E-state index contributed by atoms with van der Waals surface area (Å²) in [6.07, 6.45) is 1.95. The monoisotopic (exact) mass is 447 g/mol. The highest BCUT2D eigenvalue weighted by molar-refractivity contribution is 7.89. The number of hydrogen-bond donors (Lipinski definition) is 2. The minimum absolute atomic E-state index is 0.146. The summed E-state index contributed by atoms with van der Waals surface area (Å²) in [7, 11) is -3.65. The molecule has 170 valence electrons. The molecule has 4 atom stereocenters. The number of aromatic nitrogens is 3. The van der Waals surface area contributed by atoms with Gasteiger partial charge in [-0.2, -0.15) is 9.40 Å². The van der Waals surface area contributed by atoms with Crippen molar-refractivity contribution in [3.63, 3.8) is 0 Å². The first kappa shape index (κ1) is 23.4. The van der Waals surface area contributed by atoms with Crippen molar-refractivity contribution in [1.82, 2.24) is 24.8 Å². The fourth-order valence-electron chi connectivity index (χ4n) is 3.98. The summed E-state index contributed by atoms with van der Waals surface area (Å²) in [5.74, 6) is 1.79. The average Bonchev–Trinajstić information content (AvgIpc) is 3.23. The first-order chi connectivity index (χ1) is 14.6. The lowest BCUT2D eigenvalue weighted by atomic mass is 9.94. The van der Waals surface area contributed by atoms with Crippen molar-refractivity contribution >= 4 is 15.9 Å². The molecule has 0 unspecified atom stereocenters. The fourth-order valence-corrected chi connectivity index (χ4v) is 5.71. The lowest BCUT2D eigenvalue weighted by molar-refractivity contribution is 0.0938. The number of nitrogens with one attached hydrogen (secondary N) is 2. The van der Waals surface area contributed by atoms with E-state index >= 15 is 0 Å². The van der Waals surface area contributed by atoms with Gasteiger partial charge in [0.15, 0.2) is 5.82 Å². The van der Waals surface area contributed by atoms with Crippen molar-refractivity contribution in [2.45, 2.75) is 64.3 Å². The molecule has 0 bridgehead atoms. The summed E-state index contributed by atoms with van der Waals surface area (Å²) in [5, 5.41) is 9.99. The summed E-state index contributed by atoms with van der Waals surface area (Å²) in [5.41, 5.74) is 0.299. The van der Waals surface area contributed by atoms with Crippen LogP contribution in [0, 0.1) is 11.8 Å². The van der Waals surface area contributed by atoms with E-state index in [0.717, 1.165) is 18.7 Å². The van der Waals surface area contributed by atoms with Crippen molar-refractivity contribution in [1.29, 1.82) is 0 Å². The van der Waals surface area contributed by atoms with Gasteiger partial charge in [0.25, 0.3) is 5.91 Å². The Morgan fingerprint density at radius 3 is 2.58 bits per heavy atom. The lowest BCUT2D eigenvalue weighted by Crippen LogP contribution is -2.42. The number of amides is 1. The Morgan fingerprint density at radius 1 is 1.26 bits per heavy atom. The van der Waals surface area contributed by atoms with Crippen molar-refractivity contribution < 1.29 is 13.2 Å². The number of H-pyrrole nitrogens is 1. The van der Waals surface area contributed by atoms with Crippen LogP contribution in [0.15, 0.2) is 29.2 Å². The maximum Gasteiger partial charge on any atom is 0.251 e. The van der Waals surface area contributed by atoms with Crippen LogP contribution < -0.4 is 5.32 Å². The Hall–Kier alpha value is -2.26. The number of nitrogens with zero attached hydrogens (tertiary/aromatic N) is 3. The summed E-state index contributed by atoms with van der Waals surface area (Å²) < 4.78 is 27.9. The standard InChI is InChI=1S/C22H33N5O3S/c1-6-16(4)20-24-21(26-25-20)17(5)23-22(28)18-8-7-9-19(11-18)31(29,30)27-12-14(2)10-15(3)13-27/h7-9,11,14-17H,6,10,12-13H2,1-5H3,(H,23,28)(H,24,25,26)/t14-,15+,16-,17-/m0/s1. The van der Waals surface area contributed by atoms with Gasteiger partial charge in [-0.05, 0) is 49.8 Å². The summed E-state index contributed by atoms with van der Waals surface area (Å²) in [4.78, 5) is 17.4. The first-order valence-electron chi connectivity index (χ1n) is 10.9. The van der Waals surface area contributed by atoms with Gasteiger partial charge in [-0.3, -0.25) is 9.89 Å². The molecule has 0 saturated carbocycles. The average molecular weight is 448 g/mol. The van der Waals surface area contributed by atoms with Crippen LogP contribution in [-0.4, -0.2) is 46.9 Å². The minimum atomic E-state index is -3.65. The molecule has 1 aliphatic heterocycles. The maximum absolute atomic E-state index is 13.2. The largest absolute Gasteiger partial charge is 0.342 e. The Morgan fingerprint density at radius 2 is 1.94 bits per heavy atom. The quantitative estimate of drug-likeness (QED) is 0.676. The van der Waals surface area contributed by atoms with E-state index < -0.39 is 10.0 Å². The number of carbonyl (C=O) groups is 1. The number of piperidine rings is 1. The second kappa shape index (κ2) is 9.48. The van der Waals surface area contributed by atoms with Crippen LogP contribution in [-0.2, 0) is 10.0 Å². The van der Waals surface area contributed by atoms with Crippen LogP contribution in [0.25, 0.3) is 0 Å². The molecule has 1 aromatic carbocycles. The van der Waals surface area contributed by atoms with Gasteiger partial charge in [-0.25, -0.2) is 13.4 Å². The summed E-state index contributed by atoms with van der Waals surface area (Å²) >= 11 is 0. The Bertz CT molecular complexity index is 1010. The fraction of sp³-hybridized carbons (Fsp3) is 0.591. The second-order valence-corrected chi connectivity index (χ2v) is 10.8. The molecule has 0 radical (unpaired) electrons. The zero-order valence-electron chi connectivity index (χ0n) is 18.9. The summed E-state index contributed by atoms with van der Waals surface area (Å²) in [6, 6.07) is 5.84. The normalized spacial score (nSPS) is 22.1. The third kappa shape index (κ3) is 5.33. The molecule has 2 heterocycles. The number of rotatable bonds is 7. The van der Waals surface area contributed by atoms with Gasteiger partial charge < -0.3 is 5.32 Å². The third-order valence-electron chi connectivity index (χ3n) is 5.90. The molecule has 8 nitrogen and oxygen atoms in total. The number of benzene rings is 1. The molecule has 3 rings (SSSR count). The molecule has 1 aliphatic rings. The zero-order chi connectivity index (χ0) is 22.8. The van der Waals surface area contributed by atoms with E-state index in [4.69, 9.17) is 0 Å². The third-order valence-corrected chi connectivity index (χ3v) is 7.73. The minimum Gasteiger partial charge on any atom is -0.342 e. The number of sulfonamides is 1. The topological polar surface area (TPSA) is 108 Å². The van der Waals surface area contributed by atoms with E-state index in [-0.39, 0.29) is 22.8 Å². The van der Waals surface area contributed by atoms with Crippen LogP contribution in [0.3, 0.4) is 0 Å². The smallest absolute Gasteiger partial charge is 0.251 e. The highest BCUT2D eigenvalue weighted by Gasteiger charge is 2.32. The van der Waals surface area contributed by atoms with Crippen LogP contribution in [0.4, 0.5) is 0 Å². The zero-order valence-corrected chi connectivity index (χ0v) is 19.7. The van der Waals surface area contributed by atoms with Crippen molar-refractivity contribution in [3.05, 3.63) is 41.5 Å². The van der Waals surface area contributed by atoms with Gasteiger partial charge in [0.05, 0.1) is 10.9 Å². The van der Waals surface area contributed by atoms with E-state index in [1.54, 1.807) is 18.2 Å². The van der Waals surface area contributed by atoms with Crippen molar-refractivity contribution in [2.24, 2.45) is 11.8 Å². The van der Waals surface area contributed by atoms with Gasteiger partial charge in [0.2, 0.25) is 10.0 Å². The van der Waals surface area contributed by atoms with Crippen molar-refractivity contribution in [3.8, 4) is 0 Å². The predicted octanol–water partition coefficient (Wildman–Crippen LogP) is 3.48. The number of carbonyl (C=O) groups excluding carboxylic acids is 1. The van der Waals surface area contributed by atoms with Gasteiger partial charge >= 0.3 is 0 Å². The van der Waals surface area contributed by atoms with Crippen LogP contribution in [0.1, 0.15) is 81.4 Å². The summed E-state index contributed by atoms with van der Waals surface area (Å²) in [6.45, 7) is 11.1. The molecular formula is C22H33N5O3S. The lowest BCUT2D eigenvalue weighted by Gasteiger charge is -2.34. The highest BCUT2D eigenvalue weighted by atomic mass is 32.2. The molecule has 1 fully saturated rings. The van der Waals surface area contributed by atoms with Crippen LogP contribution in [0.2, 0.25) is 0 Å². The second-order valence-electron chi connectivity index (χ2n) is 8.88. The molecular weight excluding hydrogens is 414 g/mol. The van der Waals surface area contributed by atoms with E-state index in [0.29, 0.717) is 36.3 Å². The van der Waals surface area contributed by atoms with Crippen LogP contribution >= 0.6 is 0 Å². The van der Waals surface area contributed by atoms with E-state index in [1.807, 2.05) is 13.8 Å². The molecule has 2 aromatic rings. The van der Waals surface area contributed by atoms with Gasteiger partial charge in [0.1, 0.15) is 5.82 Å². The SMILES string of the molecule is CC[C@H](C)c1n[nH]c([C@H](C)NC(=O)c2cccc(S(=O)(=O)N3C[C@H](C)C[C@H](C)C3)c2)n1. The molecule has 31 heavy (non-hydrogen) atoms. The van der Waals surface area contributed by atoms with Crippen molar-refractivity contribution in [2.75, 3.05) is 13.1 Å². The Labute approximate surface area is 184 Å².